The molecule has 0 radical (unpaired) electrons. The summed E-state index contributed by atoms with van der Waals surface area (Å²) in [5.41, 5.74) is -1.69. The Morgan fingerprint density at radius 2 is 1.87 bits per heavy atom. The molecule has 9 nitrogen and oxygen atoms in total. The maximum Gasteiger partial charge on any atom is 0.433 e. The second-order valence-electron chi connectivity index (χ2n) is 7.51. The minimum absolute atomic E-state index is 0.105. The van der Waals surface area contributed by atoms with Gasteiger partial charge < -0.3 is 4.90 Å². The molecule has 1 aliphatic heterocycles. The highest BCUT2D eigenvalue weighted by atomic mass is 19.4. The minimum Gasteiger partial charge on any atom is -0.342 e. The van der Waals surface area contributed by atoms with Crippen LogP contribution >= 0.6 is 0 Å². The molecular weight excluding hydrogens is 403 g/mol. The largest absolute Gasteiger partial charge is 0.433 e. The second kappa shape index (κ2) is 7.26. The molecule has 3 aromatic rings. The monoisotopic (exact) mass is 423 g/mol. The molecule has 0 bridgehead atoms. The van der Waals surface area contributed by atoms with Crippen LogP contribution in [0.1, 0.15) is 18.5 Å². The molecule has 0 atom stereocenters. The highest BCUT2D eigenvalue weighted by Crippen LogP contribution is 2.26. The van der Waals surface area contributed by atoms with Crippen LogP contribution in [0, 0.1) is 5.92 Å². The third-order valence-electron chi connectivity index (χ3n) is 5.37. The van der Waals surface area contributed by atoms with Crippen molar-refractivity contribution < 1.29 is 13.2 Å². The molecule has 160 valence electrons. The highest BCUT2D eigenvalue weighted by molar-refractivity contribution is 5.74. The van der Waals surface area contributed by atoms with Crippen LogP contribution in [-0.2, 0) is 26.8 Å². The topological polar surface area (TPSA) is 90.8 Å². The van der Waals surface area contributed by atoms with Gasteiger partial charge >= 0.3 is 6.18 Å². The Morgan fingerprint density at radius 1 is 1.17 bits per heavy atom. The number of alkyl halides is 3. The number of halogens is 3. The smallest absolute Gasteiger partial charge is 0.342 e. The lowest BCUT2D eigenvalue weighted by atomic mass is 9.97. The van der Waals surface area contributed by atoms with Gasteiger partial charge in [0.25, 0.3) is 11.1 Å². The Kier molecular flexibility index (Phi) is 4.86. The SMILES string of the molecule is Cn1cc2c(=O)n(C)c(N3CCC(Cn4cnc(C(F)(F)F)cc4=O)CC3)nc2n1. The summed E-state index contributed by atoms with van der Waals surface area (Å²) in [7, 11) is 3.39. The first-order chi connectivity index (χ1) is 14.1. The third kappa shape index (κ3) is 3.68. The van der Waals surface area contributed by atoms with Gasteiger partial charge in [0.15, 0.2) is 11.3 Å². The molecule has 4 heterocycles. The van der Waals surface area contributed by atoms with Gasteiger partial charge in [0.2, 0.25) is 5.95 Å². The van der Waals surface area contributed by atoms with Crippen LogP contribution in [0.2, 0.25) is 0 Å². The summed E-state index contributed by atoms with van der Waals surface area (Å²) in [6.07, 6.45) is -0.650. The zero-order valence-electron chi connectivity index (χ0n) is 16.4. The summed E-state index contributed by atoms with van der Waals surface area (Å²) in [5, 5.41) is 4.67. The summed E-state index contributed by atoms with van der Waals surface area (Å²) in [6, 6.07) is 0.525. The summed E-state index contributed by atoms with van der Waals surface area (Å²) in [5.74, 6) is 0.631. The Bertz CT molecular complexity index is 1200. The summed E-state index contributed by atoms with van der Waals surface area (Å²) in [4.78, 5) is 34.4. The van der Waals surface area contributed by atoms with Gasteiger partial charge in [-0.05, 0) is 18.8 Å². The molecule has 0 unspecified atom stereocenters. The van der Waals surface area contributed by atoms with E-state index in [0.29, 0.717) is 55.5 Å². The van der Waals surface area contributed by atoms with Gasteiger partial charge in [-0.3, -0.25) is 23.4 Å². The van der Waals surface area contributed by atoms with E-state index in [2.05, 4.69) is 15.1 Å². The van der Waals surface area contributed by atoms with Gasteiger partial charge in [-0.1, -0.05) is 0 Å². The molecule has 1 aliphatic rings. The molecule has 3 aromatic heterocycles. The fourth-order valence-corrected chi connectivity index (χ4v) is 3.75. The van der Waals surface area contributed by atoms with E-state index in [-0.39, 0.29) is 11.5 Å². The standard InChI is InChI=1S/C18H20F3N7O2/c1-25-9-12-15(24-25)23-17(26(2)16(12)30)27-5-3-11(4-6-27)8-28-10-22-13(7-14(28)29)18(19,20)21/h7,9-11H,3-6,8H2,1-2H3. The van der Waals surface area contributed by atoms with Crippen molar-refractivity contribution in [1.29, 1.82) is 0 Å². The number of rotatable bonds is 3. The average Bonchev–Trinajstić information content (AvgIpc) is 3.07. The van der Waals surface area contributed by atoms with Crippen molar-refractivity contribution >= 4 is 17.0 Å². The van der Waals surface area contributed by atoms with E-state index in [1.807, 2.05) is 4.90 Å². The first kappa shape index (κ1) is 20.1. The molecule has 0 amide bonds. The number of aryl methyl sites for hydroxylation is 1. The Morgan fingerprint density at radius 3 is 2.50 bits per heavy atom. The van der Waals surface area contributed by atoms with E-state index < -0.39 is 17.4 Å². The van der Waals surface area contributed by atoms with Gasteiger partial charge in [-0.2, -0.15) is 23.3 Å². The third-order valence-corrected chi connectivity index (χ3v) is 5.37. The molecular formula is C18H20F3N7O2. The zero-order valence-corrected chi connectivity index (χ0v) is 16.4. The minimum atomic E-state index is -4.64. The quantitative estimate of drug-likeness (QED) is 0.628. The first-order valence-electron chi connectivity index (χ1n) is 9.42. The summed E-state index contributed by atoms with van der Waals surface area (Å²) in [6.45, 7) is 1.50. The van der Waals surface area contributed by atoms with Gasteiger partial charge in [0.1, 0.15) is 5.39 Å². The predicted molar refractivity (Wildman–Crippen MR) is 102 cm³/mol. The van der Waals surface area contributed by atoms with E-state index in [1.165, 1.54) is 9.13 Å². The molecule has 4 rings (SSSR count). The van der Waals surface area contributed by atoms with Crippen molar-refractivity contribution in [2.24, 2.45) is 20.0 Å². The van der Waals surface area contributed by atoms with Crippen molar-refractivity contribution in [3.05, 3.63) is 45.0 Å². The second-order valence-corrected chi connectivity index (χ2v) is 7.51. The van der Waals surface area contributed by atoms with E-state index >= 15 is 0 Å². The van der Waals surface area contributed by atoms with Crippen LogP contribution in [0.15, 0.2) is 28.2 Å². The predicted octanol–water partition coefficient (Wildman–Crippen LogP) is 1.16. The van der Waals surface area contributed by atoms with Gasteiger partial charge in [0.05, 0.1) is 6.33 Å². The van der Waals surface area contributed by atoms with Crippen molar-refractivity contribution in [3.8, 4) is 0 Å². The number of hydrogen-bond acceptors (Lipinski definition) is 6. The number of piperidine rings is 1. The molecule has 0 aliphatic carbocycles. The number of hydrogen-bond donors (Lipinski definition) is 0. The fraction of sp³-hybridized carbons (Fsp3) is 0.500. The summed E-state index contributed by atoms with van der Waals surface area (Å²) >= 11 is 0. The number of aromatic nitrogens is 6. The Labute approximate surface area is 168 Å². The molecule has 30 heavy (non-hydrogen) atoms. The van der Waals surface area contributed by atoms with E-state index in [1.54, 1.807) is 25.0 Å². The molecule has 0 aromatic carbocycles. The molecule has 0 saturated carbocycles. The number of nitrogens with zero attached hydrogens (tertiary/aromatic N) is 7. The van der Waals surface area contributed by atoms with Crippen molar-refractivity contribution in [1.82, 2.24) is 28.9 Å². The van der Waals surface area contributed by atoms with Crippen LogP contribution in [-0.4, -0.2) is 42.0 Å². The number of anilines is 1. The first-order valence-corrected chi connectivity index (χ1v) is 9.42. The molecule has 0 N–H and O–H groups in total. The van der Waals surface area contributed by atoms with Crippen LogP contribution in [0.3, 0.4) is 0 Å². The van der Waals surface area contributed by atoms with E-state index in [9.17, 15) is 22.8 Å². The van der Waals surface area contributed by atoms with Crippen molar-refractivity contribution in [3.63, 3.8) is 0 Å². The van der Waals surface area contributed by atoms with Gasteiger partial charge in [-0.15, -0.1) is 0 Å². The van der Waals surface area contributed by atoms with Crippen molar-refractivity contribution in [2.45, 2.75) is 25.6 Å². The van der Waals surface area contributed by atoms with Crippen LogP contribution in [0.25, 0.3) is 11.0 Å². The van der Waals surface area contributed by atoms with E-state index in [4.69, 9.17) is 0 Å². The molecule has 0 spiro atoms. The fourth-order valence-electron chi connectivity index (χ4n) is 3.75. The van der Waals surface area contributed by atoms with Gasteiger partial charge in [0, 0.05) is 46.0 Å². The maximum absolute atomic E-state index is 12.7. The lowest BCUT2D eigenvalue weighted by molar-refractivity contribution is -0.141. The summed E-state index contributed by atoms with van der Waals surface area (Å²) < 4.78 is 42.3. The van der Waals surface area contributed by atoms with Crippen LogP contribution in [0.4, 0.5) is 19.1 Å². The van der Waals surface area contributed by atoms with Crippen LogP contribution < -0.4 is 16.0 Å². The molecule has 12 heteroatoms. The van der Waals surface area contributed by atoms with Crippen molar-refractivity contribution in [2.75, 3.05) is 18.0 Å². The molecule has 1 fully saturated rings. The number of fused-ring (bicyclic) bond motifs is 1. The molecule has 1 saturated heterocycles. The van der Waals surface area contributed by atoms with E-state index in [0.717, 1.165) is 6.33 Å². The average molecular weight is 423 g/mol. The highest BCUT2D eigenvalue weighted by Gasteiger charge is 2.33. The zero-order chi connectivity index (χ0) is 21.6. The van der Waals surface area contributed by atoms with Crippen LogP contribution in [0.5, 0.6) is 0 Å². The normalized spacial score (nSPS) is 15.8. The Hall–Kier alpha value is -3.18. The lowest BCUT2D eigenvalue weighted by Gasteiger charge is -2.33. The maximum atomic E-state index is 12.7. The Balaban J connectivity index is 1.47. The van der Waals surface area contributed by atoms with Gasteiger partial charge in [-0.25, -0.2) is 4.98 Å². The lowest BCUT2D eigenvalue weighted by Crippen LogP contribution is -2.39.